The Balaban J connectivity index is 1.65. The number of rotatable bonds is 4. The summed E-state index contributed by atoms with van der Waals surface area (Å²) in [6.45, 7) is 12.0. The van der Waals surface area contributed by atoms with Crippen LogP contribution in [0.25, 0.3) is 0 Å². The third-order valence-electron chi connectivity index (χ3n) is 4.15. The molecule has 2 aliphatic rings. The fourth-order valence-corrected chi connectivity index (χ4v) is 4.19. The van der Waals surface area contributed by atoms with Gasteiger partial charge in [-0.25, -0.2) is 0 Å². The van der Waals surface area contributed by atoms with Gasteiger partial charge in [0.2, 0.25) is 0 Å². The monoisotopic (exact) mass is 270 g/mol. The van der Waals surface area contributed by atoms with E-state index in [9.17, 15) is 0 Å². The highest BCUT2D eigenvalue weighted by Gasteiger charge is 2.26. The molecule has 106 valence electrons. The molecular weight excluding hydrogens is 240 g/mol. The first-order valence-electron chi connectivity index (χ1n) is 7.58. The van der Waals surface area contributed by atoms with Gasteiger partial charge in [0, 0.05) is 18.6 Å². The average Bonchev–Trinajstić information content (AvgIpc) is 2.75. The lowest BCUT2D eigenvalue weighted by molar-refractivity contribution is 0.255. The highest BCUT2D eigenvalue weighted by Crippen LogP contribution is 2.25. The van der Waals surface area contributed by atoms with Gasteiger partial charge in [0.1, 0.15) is 0 Å². The first-order valence-corrected chi connectivity index (χ1v) is 8.73. The molecule has 0 aromatic rings. The highest BCUT2D eigenvalue weighted by atomic mass is 32.2. The minimum Gasteiger partial charge on any atom is -0.312 e. The molecule has 2 rings (SSSR count). The summed E-state index contributed by atoms with van der Waals surface area (Å²) < 4.78 is 0. The van der Waals surface area contributed by atoms with E-state index in [2.05, 4.69) is 42.7 Å². The van der Waals surface area contributed by atoms with Crippen LogP contribution in [0.3, 0.4) is 0 Å². The number of likely N-dealkylation sites (tertiary alicyclic amines) is 1. The van der Waals surface area contributed by atoms with E-state index in [0.29, 0.717) is 0 Å². The van der Waals surface area contributed by atoms with Gasteiger partial charge in [-0.05, 0) is 76.5 Å². The molecule has 1 unspecified atom stereocenters. The Hall–Kier alpha value is 0.270. The van der Waals surface area contributed by atoms with Crippen LogP contribution in [0.2, 0.25) is 0 Å². The molecule has 0 aliphatic carbocycles. The summed E-state index contributed by atoms with van der Waals surface area (Å²) in [6, 6.07) is 0. The maximum atomic E-state index is 3.66. The van der Waals surface area contributed by atoms with Crippen molar-refractivity contribution in [2.75, 3.05) is 37.7 Å². The van der Waals surface area contributed by atoms with Crippen LogP contribution >= 0.6 is 11.8 Å². The Kier molecular flexibility index (Phi) is 5.40. The van der Waals surface area contributed by atoms with Crippen molar-refractivity contribution in [2.24, 2.45) is 11.8 Å². The molecule has 0 saturated carbocycles. The predicted molar refractivity (Wildman–Crippen MR) is 82.4 cm³/mol. The van der Waals surface area contributed by atoms with E-state index in [1.807, 2.05) is 0 Å². The second-order valence-electron chi connectivity index (χ2n) is 7.10. The van der Waals surface area contributed by atoms with Gasteiger partial charge in [-0.1, -0.05) is 0 Å². The van der Waals surface area contributed by atoms with Gasteiger partial charge in [0.05, 0.1) is 0 Å². The number of hydrogen-bond donors (Lipinski definition) is 1. The fourth-order valence-electron chi connectivity index (χ4n) is 2.99. The molecule has 0 spiro atoms. The quantitative estimate of drug-likeness (QED) is 0.846. The summed E-state index contributed by atoms with van der Waals surface area (Å²) >= 11 is 2.14. The predicted octanol–water partition coefficient (Wildman–Crippen LogP) is 2.84. The Labute approximate surface area is 117 Å². The molecule has 2 heterocycles. The molecule has 2 saturated heterocycles. The second-order valence-corrected chi connectivity index (χ2v) is 8.33. The Bertz CT molecular complexity index is 243. The lowest BCUT2D eigenvalue weighted by Gasteiger charge is -2.27. The van der Waals surface area contributed by atoms with Gasteiger partial charge in [0.15, 0.2) is 0 Å². The second kappa shape index (κ2) is 6.62. The fraction of sp³-hybridized carbons (Fsp3) is 1.00. The van der Waals surface area contributed by atoms with Gasteiger partial charge >= 0.3 is 0 Å². The van der Waals surface area contributed by atoms with E-state index >= 15 is 0 Å². The summed E-state index contributed by atoms with van der Waals surface area (Å²) in [5, 5.41) is 3.66. The van der Waals surface area contributed by atoms with Crippen LogP contribution < -0.4 is 5.32 Å². The number of nitrogens with zero attached hydrogens (tertiary/aromatic N) is 1. The van der Waals surface area contributed by atoms with E-state index in [1.54, 1.807) is 0 Å². The molecule has 0 amide bonds. The molecule has 2 aliphatic heterocycles. The van der Waals surface area contributed by atoms with Crippen molar-refractivity contribution >= 4 is 11.8 Å². The maximum Gasteiger partial charge on any atom is 0.00966 e. The zero-order valence-corrected chi connectivity index (χ0v) is 13.2. The summed E-state index contributed by atoms with van der Waals surface area (Å²) in [6.07, 6.45) is 4.29. The van der Waals surface area contributed by atoms with Crippen LogP contribution in [0.15, 0.2) is 0 Å². The molecular formula is C15H30N2S. The molecule has 2 fully saturated rings. The van der Waals surface area contributed by atoms with E-state index < -0.39 is 0 Å². The van der Waals surface area contributed by atoms with Gasteiger partial charge in [-0.2, -0.15) is 11.8 Å². The summed E-state index contributed by atoms with van der Waals surface area (Å²) in [7, 11) is 0. The van der Waals surface area contributed by atoms with E-state index in [-0.39, 0.29) is 5.54 Å². The standard InChI is InChI=1S/C15H30N2S/c1-15(2,3)16-10-14-4-7-17(12-14)11-13-5-8-18-9-6-13/h13-14,16H,4-12H2,1-3H3. The van der Waals surface area contributed by atoms with Crippen molar-refractivity contribution in [3.8, 4) is 0 Å². The SMILES string of the molecule is CC(C)(C)NCC1CCN(CC2CCSCC2)C1. The summed E-state index contributed by atoms with van der Waals surface area (Å²) in [5.74, 6) is 4.66. The van der Waals surface area contributed by atoms with Crippen LogP contribution in [-0.4, -0.2) is 48.1 Å². The lowest BCUT2D eigenvalue weighted by atomic mass is 10.0. The third kappa shape index (κ3) is 5.10. The zero-order chi connectivity index (χ0) is 13.0. The molecule has 0 aromatic heterocycles. The van der Waals surface area contributed by atoms with E-state index in [0.717, 1.165) is 11.8 Å². The molecule has 2 nitrogen and oxygen atoms in total. The zero-order valence-electron chi connectivity index (χ0n) is 12.4. The molecule has 0 aromatic carbocycles. The first-order chi connectivity index (χ1) is 8.53. The van der Waals surface area contributed by atoms with Crippen molar-refractivity contribution in [2.45, 2.75) is 45.6 Å². The van der Waals surface area contributed by atoms with Gasteiger partial charge < -0.3 is 10.2 Å². The first kappa shape index (κ1) is 14.7. The smallest absolute Gasteiger partial charge is 0.00966 e. The molecule has 3 heteroatoms. The van der Waals surface area contributed by atoms with Crippen LogP contribution in [0.1, 0.15) is 40.0 Å². The third-order valence-corrected chi connectivity index (χ3v) is 5.20. The summed E-state index contributed by atoms with van der Waals surface area (Å²) in [4.78, 5) is 2.72. The topological polar surface area (TPSA) is 15.3 Å². The van der Waals surface area contributed by atoms with Crippen LogP contribution in [0.4, 0.5) is 0 Å². The number of thioether (sulfide) groups is 1. The Morgan fingerprint density at radius 3 is 2.50 bits per heavy atom. The average molecular weight is 270 g/mol. The Morgan fingerprint density at radius 1 is 1.11 bits per heavy atom. The van der Waals surface area contributed by atoms with Gasteiger partial charge in [-0.3, -0.25) is 0 Å². The van der Waals surface area contributed by atoms with Crippen molar-refractivity contribution in [3.05, 3.63) is 0 Å². The van der Waals surface area contributed by atoms with Crippen molar-refractivity contribution in [1.29, 1.82) is 0 Å². The van der Waals surface area contributed by atoms with Gasteiger partial charge in [-0.15, -0.1) is 0 Å². The lowest BCUT2D eigenvalue weighted by Crippen LogP contribution is -2.40. The number of hydrogen-bond acceptors (Lipinski definition) is 3. The molecule has 0 radical (unpaired) electrons. The number of nitrogens with one attached hydrogen (secondary N) is 1. The van der Waals surface area contributed by atoms with Crippen LogP contribution in [0.5, 0.6) is 0 Å². The van der Waals surface area contributed by atoms with Crippen molar-refractivity contribution < 1.29 is 0 Å². The Morgan fingerprint density at radius 2 is 1.83 bits per heavy atom. The van der Waals surface area contributed by atoms with Crippen LogP contribution in [-0.2, 0) is 0 Å². The minimum absolute atomic E-state index is 0.272. The molecule has 1 atom stereocenters. The normalized spacial score (nSPS) is 27.8. The van der Waals surface area contributed by atoms with Crippen LogP contribution in [0, 0.1) is 11.8 Å². The van der Waals surface area contributed by atoms with Crippen molar-refractivity contribution in [3.63, 3.8) is 0 Å². The molecule has 1 N–H and O–H groups in total. The minimum atomic E-state index is 0.272. The van der Waals surface area contributed by atoms with E-state index in [4.69, 9.17) is 0 Å². The molecule has 18 heavy (non-hydrogen) atoms. The largest absolute Gasteiger partial charge is 0.312 e. The van der Waals surface area contributed by atoms with E-state index in [1.165, 1.54) is 56.9 Å². The maximum absolute atomic E-state index is 3.66. The molecule has 0 bridgehead atoms. The summed E-state index contributed by atoms with van der Waals surface area (Å²) in [5.41, 5.74) is 0.272. The highest BCUT2D eigenvalue weighted by molar-refractivity contribution is 7.99. The van der Waals surface area contributed by atoms with Gasteiger partial charge in [0.25, 0.3) is 0 Å². The van der Waals surface area contributed by atoms with Crippen molar-refractivity contribution in [1.82, 2.24) is 10.2 Å².